The van der Waals surface area contributed by atoms with Crippen molar-refractivity contribution >= 4 is 5.69 Å². The van der Waals surface area contributed by atoms with E-state index >= 15 is 0 Å². The van der Waals surface area contributed by atoms with Crippen molar-refractivity contribution in [3.8, 4) is 11.5 Å². The topological polar surface area (TPSA) is 49.0 Å². The van der Waals surface area contributed by atoms with E-state index in [0.29, 0.717) is 19.8 Å². The largest absolute Gasteiger partial charge is 0.497 e. The van der Waals surface area contributed by atoms with Crippen molar-refractivity contribution in [3.05, 3.63) is 125 Å². The highest BCUT2D eigenvalue weighted by Crippen LogP contribution is 2.44. The van der Waals surface area contributed by atoms with Crippen LogP contribution in [0.4, 0.5) is 10.1 Å². The predicted molar refractivity (Wildman–Crippen MR) is 155 cm³/mol. The van der Waals surface area contributed by atoms with E-state index in [9.17, 15) is 4.39 Å². The Morgan fingerprint density at radius 3 is 2.27 bits per heavy atom. The number of hydrogen-bond acceptors (Lipinski definition) is 5. The zero-order valence-electron chi connectivity index (χ0n) is 23.2. The van der Waals surface area contributed by atoms with Crippen molar-refractivity contribution in [2.45, 2.75) is 51.2 Å². The van der Waals surface area contributed by atoms with Crippen LogP contribution in [0.2, 0.25) is 0 Å². The molecule has 1 aliphatic rings. The molecule has 1 N–H and O–H groups in total. The molecule has 6 heteroatoms. The lowest BCUT2D eigenvalue weighted by atomic mass is 9.87. The molecule has 0 aliphatic carbocycles. The highest BCUT2D eigenvalue weighted by molar-refractivity contribution is 5.54. The lowest BCUT2D eigenvalue weighted by Gasteiger charge is -2.44. The summed E-state index contributed by atoms with van der Waals surface area (Å²) in [4.78, 5) is 0. The maximum absolute atomic E-state index is 13.5. The molecule has 1 aliphatic heterocycles. The zero-order valence-corrected chi connectivity index (χ0v) is 23.2. The Morgan fingerprint density at radius 2 is 1.55 bits per heavy atom. The summed E-state index contributed by atoms with van der Waals surface area (Å²) in [6, 6.07) is 30.8. The minimum absolute atomic E-state index is 0.268. The van der Waals surface area contributed by atoms with Crippen LogP contribution in [0.1, 0.15) is 42.2 Å². The van der Waals surface area contributed by atoms with Crippen molar-refractivity contribution in [1.29, 1.82) is 0 Å². The molecule has 0 saturated carbocycles. The van der Waals surface area contributed by atoms with Gasteiger partial charge in [0, 0.05) is 17.8 Å². The lowest BCUT2D eigenvalue weighted by Crippen LogP contribution is -2.51. The van der Waals surface area contributed by atoms with Gasteiger partial charge in [-0.2, -0.15) is 0 Å². The average molecular weight is 542 g/mol. The van der Waals surface area contributed by atoms with Gasteiger partial charge in [0.05, 0.1) is 20.3 Å². The van der Waals surface area contributed by atoms with Crippen LogP contribution in [0, 0.1) is 5.82 Å². The van der Waals surface area contributed by atoms with Gasteiger partial charge in [0.2, 0.25) is 0 Å². The molecule has 0 amide bonds. The lowest BCUT2D eigenvalue weighted by molar-refractivity contribution is -0.167. The number of fused-ring (bicyclic) bond motifs is 1. The number of nitrogens with one attached hydrogen (secondary N) is 1. The Balaban J connectivity index is 1.37. The number of rotatable bonds is 11. The first kappa shape index (κ1) is 27.7. The minimum Gasteiger partial charge on any atom is -0.497 e. The molecule has 5 nitrogen and oxygen atoms in total. The summed E-state index contributed by atoms with van der Waals surface area (Å²) < 4.78 is 38.3. The Morgan fingerprint density at radius 1 is 0.825 bits per heavy atom. The third-order valence-electron chi connectivity index (χ3n) is 7.18. The Bertz CT molecular complexity index is 1370. The highest BCUT2D eigenvalue weighted by atomic mass is 19.1. The first-order valence-corrected chi connectivity index (χ1v) is 13.6. The summed E-state index contributed by atoms with van der Waals surface area (Å²) in [5.41, 5.74) is 4.51. The van der Waals surface area contributed by atoms with Gasteiger partial charge in [-0.05, 0) is 79.4 Å². The fourth-order valence-electron chi connectivity index (χ4n) is 4.97. The van der Waals surface area contributed by atoms with Gasteiger partial charge in [0.1, 0.15) is 35.1 Å². The van der Waals surface area contributed by atoms with Gasteiger partial charge in [-0.25, -0.2) is 4.39 Å². The maximum Gasteiger partial charge on any atom is 0.132 e. The molecular weight excluding hydrogens is 505 g/mol. The third-order valence-corrected chi connectivity index (χ3v) is 7.18. The van der Waals surface area contributed by atoms with E-state index in [1.54, 1.807) is 19.2 Å². The average Bonchev–Trinajstić information content (AvgIpc) is 2.97. The molecular formula is C34H36FNO4. The Labute approximate surface area is 235 Å². The molecule has 40 heavy (non-hydrogen) atoms. The summed E-state index contributed by atoms with van der Waals surface area (Å²) in [7, 11) is 1.67. The quantitative estimate of drug-likeness (QED) is 0.213. The van der Waals surface area contributed by atoms with Gasteiger partial charge in [0.25, 0.3) is 0 Å². The summed E-state index contributed by atoms with van der Waals surface area (Å²) in [6.07, 6.45) is 0.0388. The SMILES string of the molecule is COc1ccc(CNc2ccc3c(c2)C(OCCc2ccccc2)C(OCc2ccc(F)cc2)C(C)(C)O3)cc1. The molecule has 0 spiro atoms. The predicted octanol–water partition coefficient (Wildman–Crippen LogP) is 7.50. The van der Waals surface area contributed by atoms with Crippen molar-refractivity contribution in [1.82, 2.24) is 0 Å². The maximum atomic E-state index is 13.5. The molecule has 0 bridgehead atoms. The van der Waals surface area contributed by atoms with Crippen LogP contribution in [0.3, 0.4) is 0 Å². The number of hydrogen-bond donors (Lipinski definition) is 1. The number of anilines is 1. The van der Waals surface area contributed by atoms with Crippen LogP contribution >= 0.6 is 0 Å². The first-order valence-electron chi connectivity index (χ1n) is 13.6. The molecule has 4 aromatic rings. The van der Waals surface area contributed by atoms with Gasteiger partial charge >= 0.3 is 0 Å². The van der Waals surface area contributed by atoms with Gasteiger partial charge in [-0.3, -0.25) is 0 Å². The van der Waals surface area contributed by atoms with E-state index < -0.39 is 11.7 Å². The summed E-state index contributed by atoms with van der Waals surface area (Å²) in [5, 5.41) is 3.52. The standard InChI is InChI=1S/C34H36FNO4/c1-34(2)33(39-23-26-9-13-27(35)14-10-26)32(38-20-19-24-7-5-4-6-8-24)30-21-28(15-18-31(30)40-34)36-22-25-11-16-29(37-3)17-12-25/h4-18,21,32-33,36H,19-20,22-23H2,1-3H3. The van der Waals surface area contributed by atoms with E-state index in [1.165, 1.54) is 17.7 Å². The first-order chi connectivity index (χ1) is 19.4. The van der Waals surface area contributed by atoms with E-state index in [1.807, 2.05) is 68.4 Å². The number of ether oxygens (including phenoxy) is 4. The molecule has 2 atom stereocenters. The van der Waals surface area contributed by atoms with Gasteiger partial charge in [-0.15, -0.1) is 0 Å². The minimum atomic E-state index is -0.650. The highest BCUT2D eigenvalue weighted by Gasteiger charge is 2.45. The zero-order chi connectivity index (χ0) is 28.0. The number of benzene rings is 4. The van der Waals surface area contributed by atoms with Crippen LogP contribution in [0.5, 0.6) is 11.5 Å². The fraction of sp³-hybridized carbons (Fsp3) is 0.294. The smallest absolute Gasteiger partial charge is 0.132 e. The second kappa shape index (κ2) is 12.5. The molecule has 4 aromatic carbocycles. The van der Waals surface area contributed by atoms with E-state index in [0.717, 1.165) is 40.3 Å². The van der Waals surface area contributed by atoms with Gasteiger partial charge < -0.3 is 24.3 Å². The second-order valence-electron chi connectivity index (χ2n) is 10.5. The Hall–Kier alpha value is -3.87. The summed E-state index contributed by atoms with van der Waals surface area (Å²) in [6.45, 7) is 5.56. The van der Waals surface area contributed by atoms with Crippen LogP contribution in [0.25, 0.3) is 0 Å². The molecule has 208 valence electrons. The summed E-state index contributed by atoms with van der Waals surface area (Å²) in [5.74, 6) is 1.35. The van der Waals surface area contributed by atoms with Crippen LogP contribution in [-0.4, -0.2) is 25.4 Å². The van der Waals surface area contributed by atoms with E-state index in [2.05, 4.69) is 23.5 Å². The molecule has 0 radical (unpaired) electrons. The van der Waals surface area contributed by atoms with Gasteiger partial charge in [0.15, 0.2) is 0 Å². The normalized spacial score (nSPS) is 17.5. The number of halogens is 1. The molecule has 0 aromatic heterocycles. The molecule has 5 rings (SSSR count). The molecule has 0 saturated heterocycles. The van der Waals surface area contributed by atoms with E-state index in [4.69, 9.17) is 18.9 Å². The van der Waals surface area contributed by atoms with Gasteiger partial charge in [-0.1, -0.05) is 54.6 Å². The molecule has 1 heterocycles. The fourth-order valence-corrected chi connectivity index (χ4v) is 4.97. The Kier molecular flexibility index (Phi) is 8.68. The van der Waals surface area contributed by atoms with Crippen molar-refractivity contribution in [2.75, 3.05) is 19.0 Å². The number of methoxy groups -OCH3 is 1. The monoisotopic (exact) mass is 541 g/mol. The second-order valence-corrected chi connectivity index (χ2v) is 10.5. The van der Waals surface area contributed by atoms with Crippen molar-refractivity contribution in [3.63, 3.8) is 0 Å². The van der Waals surface area contributed by atoms with Crippen LogP contribution in [0.15, 0.2) is 97.1 Å². The molecule has 0 fully saturated rings. The van der Waals surface area contributed by atoms with Crippen molar-refractivity contribution < 1.29 is 23.3 Å². The summed E-state index contributed by atoms with van der Waals surface area (Å²) >= 11 is 0. The van der Waals surface area contributed by atoms with Crippen LogP contribution in [-0.2, 0) is 29.0 Å². The van der Waals surface area contributed by atoms with Crippen molar-refractivity contribution in [2.24, 2.45) is 0 Å². The molecule has 2 unspecified atom stereocenters. The van der Waals surface area contributed by atoms with E-state index in [-0.39, 0.29) is 11.9 Å². The third kappa shape index (κ3) is 6.82. The van der Waals surface area contributed by atoms with Crippen LogP contribution < -0.4 is 14.8 Å².